The summed E-state index contributed by atoms with van der Waals surface area (Å²) < 4.78 is 6.54. The normalized spacial score (nSPS) is 14.9. The maximum absolute atomic E-state index is 12.2. The van der Waals surface area contributed by atoms with E-state index in [2.05, 4.69) is 75.1 Å². The van der Waals surface area contributed by atoms with Gasteiger partial charge < -0.3 is 19.6 Å². The molecule has 0 radical (unpaired) electrons. The van der Waals surface area contributed by atoms with Crippen LogP contribution in [0.2, 0.25) is 0 Å². The van der Waals surface area contributed by atoms with E-state index in [0.717, 1.165) is 66.5 Å². The molecule has 0 spiro atoms. The van der Waals surface area contributed by atoms with Gasteiger partial charge in [0.05, 0.1) is 18.7 Å². The maximum atomic E-state index is 12.2. The fourth-order valence-corrected chi connectivity index (χ4v) is 5.02. The predicted molar refractivity (Wildman–Crippen MR) is 142 cm³/mol. The summed E-state index contributed by atoms with van der Waals surface area (Å²) in [6, 6.07) is 13.5. The van der Waals surface area contributed by atoms with Crippen molar-refractivity contribution >= 4 is 17.2 Å². The summed E-state index contributed by atoms with van der Waals surface area (Å²) in [6.07, 6.45) is 9.24. The number of anilines is 1. The number of hydrogen-bond donors (Lipinski definition) is 2. The van der Waals surface area contributed by atoms with Crippen molar-refractivity contribution in [2.45, 2.75) is 34.1 Å². The largest absolute Gasteiger partial charge is 0.478 e. The molecular weight excluding hydrogens is 436 g/mol. The maximum Gasteiger partial charge on any atom is 0.336 e. The fourth-order valence-electron chi connectivity index (χ4n) is 5.02. The Morgan fingerprint density at radius 3 is 2.46 bits per heavy atom. The minimum absolute atomic E-state index is 0.286. The van der Waals surface area contributed by atoms with Gasteiger partial charge in [0.15, 0.2) is 0 Å². The molecule has 2 aromatic carbocycles. The van der Waals surface area contributed by atoms with Crippen molar-refractivity contribution in [1.82, 2.24) is 0 Å². The Balaban J connectivity index is 1.95. The zero-order valence-electron chi connectivity index (χ0n) is 21.1. The number of carbonyl (C=O) groups is 1. The average molecular weight is 472 g/mol. The smallest absolute Gasteiger partial charge is 0.336 e. The number of hydrogen-bond acceptors (Lipinski definition) is 3. The van der Waals surface area contributed by atoms with Crippen LogP contribution in [0.1, 0.15) is 55.6 Å². The summed E-state index contributed by atoms with van der Waals surface area (Å²) >= 11 is 0. The molecule has 1 aliphatic carbocycles. The van der Waals surface area contributed by atoms with Crippen LogP contribution in [0.4, 0.5) is 5.69 Å². The Morgan fingerprint density at radius 2 is 1.77 bits per heavy atom. The summed E-state index contributed by atoms with van der Waals surface area (Å²) in [5.74, 6) is 0.598. The Labute approximate surface area is 208 Å². The number of nitrogens with zero attached hydrogens (tertiary/aromatic N) is 1. The van der Waals surface area contributed by atoms with E-state index in [0.29, 0.717) is 5.56 Å². The van der Waals surface area contributed by atoms with Gasteiger partial charge >= 0.3 is 5.97 Å². The number of nitrogens with one attached hydrogen (secondary N) is 1. The number of aromatic carboxylic acids is 1. The summed E-state index contributed by atoms with van der Waals surface area (Å²) in [5, 5.41) is 9.97. The van der Waals surface area contributed by atoms with Crippen LogP contribution in [0, 0.1) is 0 Å². The van der Waals surface area contributed by atoms with Crippen molar-refractivity contribution in [3.05, 3.63) is 100 Å². The van der Waals surface area contributed by atoms with E-state index in [1.807, 2.05) is 12.1 Å². The fraction of sp³-hybridized carbons (Fsp3) is 0.300. The van der Waals surface area contributed by atoms with E-state index >= 15 is 0 Å². The van der Waals surface area contributed by atoms with Gasteiger partial charge in [-0.3, -0.25) is 0 Å². The number of fused-ring (bicyclic) bond motifs is 2. The second-order valence-electron chi connectivity index (χ2n) is 8.73. The second-order valence-corrected chi connectivity index (χ2v) is 8.73. The van der Waals surface area contributed by atoms with Crippen LogP contribution in [0.25, 0.3) is 5.57 Å². The highest BCUT2D eigenvalue weighted by molar-refractivity contribution is 6.00. The molecule has 4 rings (SSSR count). The van der Waals surface area contributed by atoms with Gasteiger partial charge in [0, 0.05) is 48.0 Å². The van der Waals surface area contributed by atoms with Crippen molar-refractivity contribution in [2.75, 3.05) is 31.1 Å². The van der Waals surface area contributed by atoms with Crippen molar-refractivity contribution in [3.8, 4) is 5.75 Å². The first-order valence-electron chi connectivity index (χ1n) is 12.6. The minimum Gasteiger partial charge on any atom is -0.478 e. The van der Waals surface area contributed by atoms with Crippen LogP contribution < -0.4 is 14.5 Å². The van der Waals surface area contributed by atoms with Crippen LogP contribution in [0.15, 0.2) is 83.8 Å². The monoisotopic (exact) mass is 471 g/mol. The third kappa shape index (κ3) is 4.82. The van der Waals surface area contributed by atoms with Gasteiger partial charge in [-0.2, -0.15) is 0 Å². The highest BCUT2D eigenvalue weighted by Crippen LogP contribution is 2.44. The van der Waals surface area contributed by atoms with E-state index in [1.165, 1.54) is 10.6 Å². The van der Waals surface area contributed by atoms with E-state index in [1.54, 1.807) is 12.1 Å². The van der Waals surface area contributed by atoms with Gasteiger partial charge in [0.1, 0.15) is 17.2 Å². The van der Waals surface area contributed by atoms with E-state index < -0.39 is 5.97 Å². The van der Waals surface area contributed by atoms with E-state index in [-0.39, 0.29) is 5.56 Å². The molecule has 0 saturated heterocycles. The molecule has 1 heterocycles. The molecule has 2 aromatic rings. The Morgan fingerprint density at radius 1 is 1.03 bits per heavy atom. The molecule has 35 heavy (non-hydrogen) atoms. The molecule has 0 saturated carbocycles. The quantitative estimate of drug-likeness (QED) is 0.564. The van der Waals surface area contributed by atoms with Gasteiger partial charge in [-0.25, -0.2) is 4.79 Å². The number of ether oxygens (including phenoxy) is 1. The molecule has 5 nitrogen and oxygen atoms in total. The number of quaternary nitrogens is 1. The lowest BCUT2D eigenvalue weighted by Crippen LogP contribution is -3.09. The second kappa shape index (κ2) is 10.8. The molecule has 182 valence electrons. The Hall–Kier alpha value is -3.57. The standard InChI is InChI=1S/C30H34N2O3/c1-5-31(6-2)21-12-11-15-25-27(19-17-21)35-28-20-22(32(7-3)8-4)16-18-26(28)29(25)23-13-9-10-14-24(23)30(33)34/h9-16,18-20H,5-8,17H2,1-4H3,(H,33,34)/p+1. The minimum atomic E-state index is -0.936. The number of carboxylic acids is 1. The van der Waals surface area contributed by atoms with E-state index in [4.69, 9.17) is 4.74 Å². The summed E-state index contributed by atoms with van der Waals surface area (Å²) in [4.78, 5) is 15.9. The first kappa shape index (κ1) is 24.6. The van der Waals surface area contributed by atoms with Gasteiger partial charge in [0.2, 0.25) is 0 Å². The van der Waals surface area contributed by atoms with Crippen LogP contribution in [0.5, 0.6) is 5.75 Å². The predicted octanol–water partition coefficient (Wildman–Crippen LogP) is 5.08. The van der Waals surface area contributed by atoms with E-state index in [9.17, 15) is 9.90 Å². The third-order valence-electron chi connectivity index (χ3n) is 6.92. The van der Waals surface area contributed by atoms with Crippen LogP contribution in [-0.2, 0) is 0 Å². The summed E-state index contributed by atoms with van der Waals surface area (Å²) in [6.45, 7) is 12.5. The van der Waals surface area contributed by atoms with Gasteiger partial charge in [-0.15, -0.1) is 0 Å². The molecule has 2 N–H and O–H groups in total. The van der Waals surface area contributed by atoms with Crippen LogP contribution in [-0.4, -0.2) is 37.3 Å². The lowest BCUT2D eigenvalue weighted by atomic mass is 9.86. The van der Waals surface area contributed by atoms with Gasteiger partial charge in [-0.1, -0.05) is 30.4 Å². The average Bonchev–Trinajstić information content (AvgIpc) is 2.86. The topological polar surface area (TPSA) is 54.2 Å². The first-order valence-corrected chi connectivity index (χ1v) is 12.6. The van der Waals surface area contributed by atoms with Crippen LogP contribution in [0.3, 0.4) is 0 Å². The first-order chi connectivity index (χ1) is 17.0. The molecule has 2 aliphatic rings. The molecule has 0 aromatic heterocycles. The number of rotatable bonds is 8. The number of allylic oxidation sites excluding steroid dienone is 4. The highest BCUT2D eigenvalue weighted by Gasteiger charge is 2.28. The summed E-state index contributed by atoms with van der Waals surface area (Å²) in [7, 11) is 0. The van der Waals surface area contributed by atoms with Gasteiger partial charge in [0.25, 0.3) is 0 Å². The highest BCUT2D eigenvalue weighted by atomic mass is 16.5. The van der Waals surface area contributed by atoms with Crippen molar-refractivity contribution < 1.29 is 19.5 Å². The number of benzene rings is 2. The van der Waals surface area contributed by atoms with Crippen molar-refractivity contribution in [1.29, 1.82) is 0 Å². The zero-order chi connectivity index (χ0) is 24.9. The Bertz CT molecular complexity index is 1230. The lowest BCUT2D eigenvalue weighted by molar-refractivity contribution is -0.857. The molecule has 5 heteroatoms. The molecular formula is C30H35N2O3+. The molecule has 0 unspecified atom stereocenters. The number of carboxylic acid groups (broad SMARTS) is 1. The molecule has 1 aliphatic heterocycles. The van der Waals surface area contributed by atoms with Crippen molar-refractivity contribution in [2.24, 2.45) is 0 Å². The zero-order valence-corrected chi connectivity index (χ0v) is 21.1. The molecule has 0 bridgehead atoms. The van der Waals surface area contributed by atoms with Crippen LogP contribution >= 0.6 is 0 Å². The van der Waals surface area contributed by atoms with Gasteiger partial charge in [-0.05, 0) is 63.6 Å². The SMILES string of the molecule is CCN(CC)c1ccc2c(c1)OC1=CCC([NH+](CC)CC)=CC=CC1=C2c1ccccc1C(=O)O. The Kier molecular flexibility index (Phi) is 7.57. The molecule has 0 amide bonds. The van der Waals surface area contributed by atoms with Crippen molar-refractivity contribution in [3.63, 3.8) is 0 Å². The molecule has 0 atom stereocenters. The third-order valence-corrected chi connectivity index (χ3v) is 6.92. The summed E-state index contributed by atoms with van der Waals surface area (Å²) in [5.41, 5.74) is 6.11. The lowest BCUT2D eigenvalue weighted by Gasteiger charge is -2.29. The molecule has 0 fully saturated rings.